The molecule has 16 heavy (non-hydrogen) atoms. The quantitative estimate of drug-likeness (QED) is 0.688. The number of rotatable bonds is 1. The van der Waals surface area contributed by atoms with E-state index in [9.17, 15) is 4.79 Å². The maximum atomic E-state index is 11.3. The zero-order valence-electron chi connectivity index (χ0n) is 9.98. The lowest BCUT2D eigenvalue weighted by Gasteiger charge is -2.17. The number of carbonyl (C=O) groups excluding carboxylic acids is 1. The second kappa shape index (κ2) is 3.40. The fourth-order valence-corrected chi connectivity index (χ4v) is 1.51. The van der Waals surface area contributed by atoms with Crippen molar-refractivity contribution in [1.82, 2.24) is 14.6 Å². The molecule has 0 bridgehead atoms. The fraction of sp³-hybridized carbons (Fsp3) is 0.417. The van der Waals surface area contributed by atoms with Gasteiger partial charge in [0.25, 0.3) is 0 Å². The predicted molar refractivity (Wildman–Crippen MR) is 61.7 cm³/mol. The number of aromatic nitrogens is 3. The third-order valence-corrected chi connectivity index (χ3v) is 2.60. The van der Waals surface area contributed by atoms with Gasteiger partial charge in [-0.05, 0) is 17.9 Å². The van der Waals surface area contributed by atoms with Crippen molar-refractivity contribution in [3.8, 4) is 0 Å². The number of ketones is 1. The first kappa shape index (κ1) is 10.8. The average Bonchev–Trinajstić information content (AvgIpc) is 2.58. The van der Waals surface area contributed by atoms with Crippen molar-refractivity contribution in [3.63, 3.8) is 0 Å². The highest BCUT2D eigenvalue weighted by molar-refractivity contribution is 5.99. The summed E-state index contributed by atoms with van der Waals surface area (Å²) in [5.41, 5.74) is 2.32. The molecule has 0 aliphatic heterocycles. The van der Waals surface area contributed by atoms with Crippen LogP contribution < -0.4 is 0 Å². The Morgan fingerprint density at radius 2 is 2.00 bits per heavy atom. The van der Waals surface area contributed by atoms with Gasteiger partial charge in [0.15, 0.2) is 11.4 Å². The summed E-state index contributed by atoms with van der Waals surface area (Å²) in [7, 11) is 0. The molecule has 2 heterocycles. The van der Waals surface area contributed by atoms with Crippen molar-refractivity contribution in [1.29, 1.82) is 0 Å². The van der Waals surface area contributed by atoms with Gasteiger partial charge in [-0.25, -0.2) is 9.50 Å². The second-order valence-corrected chi connectivity index (χ2v) is 4.98. The zero-order valence-corrected chi connectivity index (χ0v) is 9.98. The summed E-state index contributed by atoms with van der Waals surface area (Å²) in [6.45, 7) is 7.87. The lowest BCUT2D eigenvalue weighted by molar-refractivity contribution is 0.101. The van der Waals surface area contributed by atoms with E-state index in [0.717, 1.165) is 5.56 Å². The normalized spacial score (nSPS) is 12.0. The number of carbonyl (C=O) groups is 1. The first-order valence-electron chi connectivity index (χ1n) is 5.24. The molecule has 2 aromatic rings. The molecule has 4 heteroatoms. The number of nitrogens with zero attached hydrogens (tertiary/aromatic N) is 3. The Labute approximate surface area is 94.3 Å². The Kier molecular flexibility index (Phi) is 2.30. The molecular formula is C12H15N3O. The van der Waals surface area contributed by atoms with Crippen LogP contribution in [-0.2, 0) is 5.41 Å². The van der Waals surface area contributed by atoms with Crippen LogP contribution in [0.1, 0.15) is 43.6 Å². The van der Waals surface area contributed by atoms with E-state index in [2.05, 4.69) is 30.9 Å². The predicted octanol–water partition coefficient (Wildman–Crippen LogP) is 2.23. The molecule has 84 valence electrons. The van der Waals surface area contributed by atoms with Gasteiger partial charge in [-0.1, -0.05) is 20.8 Å². The summed E-state index contributed by atoms with van der Waals surface area (Å²) in [6.07, 6.45) is 5.30. The summed E-state index contributed by atoms with van der Waals surface area (Å²) < 4.78 is 1.66. The van der Waals surface area contributed by atoms with E-state index in [1.807, 2.05) is 12.4 Å². The lowest BCUT2D eigenvalue weighted by atomic mass is 9.89. The molecule has 0 amide bonds. The molecule has 0 aromatic carbocycles. The Morgan fingerprint density at radius 3 is 2.56 bits per heavy atom. The Bertz CT molecular complexity index is 549. The zero-order chi connectivity index (χ0) is 11.9. The van der Waals surface area contributed by atoms with Gasteiger partial charge in [0.1, 0.15) is 0 Å². The molecule has 0 radical (unpaired) electrons. The summed E-state index contributed by atoms with van der Waals surface area (Å²) in [4.78, 5) is 15.6. The molecule has 0 fully saturated rings. The van der Waals surface area contributed by atoms with E-state index in [4.69, 9.17) is 0 Å². The number of hydrogen-bond acceptors (Lipinski definition) is 3. The lowest BCUT2D eigenvalue weighted by Crippen LogP contribution is -2.13. The maximum Gasteiger partial charge on any atom is 0.165 e. The van der Waals surface area contributed by atoms with E-state index in [0.29, 0.717) is 11.2 Å². The smallest absolute Gasteiger partial charge is 0.165 e. The highest BCUT2D eigenvalue weighted by atomic mass is 16.1. The number of Topliss-reactive ketones (excluding diaryl/α,β-unsaturated/α-hetero) is 1. The van der Waals surface area contributed by atoms with Crippen molar-refractivity contribution < 1.29 is 4.79 Å². The van der Waals surface area contributed by atoms with Gasteiger partial charge in [0.05, 0.1) is 11.8 Å². The van der Waals surface area contributed by atoms with Crippen LogP contribution in [0.25, 0.3) is 5.65 Å². The molecule has 0 aliphatic rings. The molecule has 0 N–H and O–H groups in total. The molecule has 2 rings (SSSR count). The Balaban J connectivity index is 2.62. The molecule has 0 saturated carbocycles. The largest absolute Gasteiger partial charge is 0.294 e. The molecule has 0 atom stereocenters. The molecule has 2 aromatic heterocycles. The third kappa shape index (κ3) is 1.71. The van der Waals surface area contributed by atoms with E-state index in [1.165, 1.54) is 6.92 Å². The van der Waals surface area contributed by atoms with E-state index in [-0.39, 0.29) is 11.2 Å². The van der Waals surface area contributed by atoms with Crippen LogP contribution in [0.5, 0.6) is 0 Å². The van der Waals surface area contributed by atoms with Crippen LogP contribution >= 0.6 is 0 Å². The molecule has 0 saturated heterocycles. The van der Waals surface area contributed by atoms with E-state index in [1.54, 1.807) is 10.7 Å². The van der Waals surface area contributed by atoms with E-state index >= 15 is 0 Å². The minimum atomic E-state index is -0.00833. The van der Waals surface area contributed by atoms with Crippen LogP contribution in [0.2, 0.25) is 0 Å². The third-order valence-electron chi connectivity index (χ3n) is 2.60. The topological polar surface area (TPSA) is 47.3 Å². The van der Waals surface area contributed by atoms with Gasteiger partial charge < -0.3 is 0 Å². The minimum Gasteiger partial charge on any atom is -0.294 e. The van der Waals surface area contributed by atoms with Gasteiger partial charge in [-0.3, -0.25) is 4.79 Å². The summed E-state index contributed by atoms with van der Waals surface area (Å²) in [6, 6.07) is 0. The molecular weight excluding hydrogens is 202 g/mol. The molecule has 0 aliphatic carbocycles. The van der Waals surface area contributed by atoms with Crippen molar-refractivity contribution >= 4 is 11.4 Å². The van der Waals surface area contributed by atoms with Gasteiger partial charge in [0.2, 0.25) is 0 Å². The van der Waals surface area contributed by atoms with Crippen LogP contribution in [0.4, 0.5) is 0 Å². The second-order valence-electron chi connectivity index (χ2n) is 4.98. The highest BCUT2D eigenvalue weighted by Gasteiger charge is 2.16. The first-order chi connectivity index (χ1) is 7.39. The highest BCUT2D eigenvalue weighted by Crippen LogP contribution is 2.21. The van der Waals surface area contributed by atoms with Crippen LogP contribution in [0, 0.1) is 0 Å². The van der Waals surface area contributed by atoms with Crippen molar-refractivity contribution in [2.45, 2.75) is 33.1 Å². The Morgan fingerprint density at radius 1 is 1.31 bits per heavy atom. The van der Waals surface area contributed by atoms with Crippen LogP contribution in [0.3, 0.4) is 0 Å². The fourth-order valence-electron chi connectivity index (χ4n) is 1.51. The summed E-state index contributed by atoms with van der Waals surface area (Å²) in [5, 5.41) is 4.15. The van der Waals surface area contributed by atoms with Gasteiger partial charge in [-0.15, -0.1) is 0 Å². The van der Waals surface area contributed by atoms with Crippen molar-refractivity contribution in [3.05, 3.63) is 29.7 Å². The SMILES string of the molecule is CC(=O)c1cnn2cc(C(C)(C)C)cnc12. The summed E-state index contributed by atoms with van der Waals surface area (Å²) >= 11 is 0. The van der Waals surface area contributed by atoms with Gasteiger partial charge in [0, 0.05) is 12.4 Å². The number of hydrogen-bond donors (Lipinski definition) is 0. The minimum absolute atomic E-state index is 0.00833. The standard InChI is InChI=1S/C12H15N3O/c1-8(16)10-6-14-15-7-9(12(2,3)4)5-13-11(10)15/h5-7H,1-4H3. The van der Waals surface area contributed by atoms with Crippen LogP contribution in [0.15, 0.2) is 18.6 Å². The van der Waals surface area contributed by atoms with Gasteiger partial charge in [-0.2, -0.15) is 5.10 Å². The van der Waals surface area contributed by atoms with Gasteiger partial charge >= 0.3 is 0 Å². The van der Waals surface area contributed by atoms with Crippen LogP contribution in [-0.4, -0.2) is 20.4 Å². The van der Waals surface area contributed by atoms with Crippen molar-refractivity contribution in [2.24, 2.45) is 0 Å². The molecule has 4 nitrogen and oxygen atoms in total. The summed E-state index contributed by atoms with van der Waals surface area (Å²) in [5.74, 6) is -0.00833. The molecule has 0 unspecified atom stereocenters. The average molecular weight is 217 g/mol. The Hall–Kier alpha value is -1.71. The molecule has 0 spiro atoms. The van der Waals surface area contributed by atoms with Crippen molar-refractivity contribution in [2.75, 3.05) is 0 Å². The first-order valence-corrected chi connectivity index (χ1v) is 5.24. The monoisotopic (exact) mass is 217 g/mol. The van der Waals surface area contributed by atoms with E-state index < -0.39 is 0 Å². The number of fused-ring (bicyclic) bond motifs is 1. The maximum absolute atomic E-state index is 11.3.